The van der Waals surface area contributed by atoms with E-state index in [2.05, 4.69) is 21.2 Å². The number of nitrogen functional groups attached to an aromatic ring is 1. The van der Waals surface area contributed by atoms with Crippen LogP contribution >= 0.6 is 15.9 Å². The van der Waals surface area contributed by atoms with E-state index in [4.69, 9.17) is 15.2 Å². The molecule has 0 saturated carbocycles. The molecule has 110 valence electrons. The standard InChI is InChI=1S/C15H15BrN2O3/c1-20-10-4-5-11(14(8-10)21-2)15(19)18-13-6-3-9(17)7-12(13)16/h3-8H,17H2,1-2H3,(H,18,19). The highest BCUT2D eigenvalue weighted by Crippen LogP contribution is 2.28. The molecule has 0 bridgehead atoms. The Kier molecular flexibility index (Phi) is 4.70. The van der Waals surface area contributed by atoms with E-state index in [0.717, 1.165) is 0 Å². The minimum absolute atomic E-state index is 0.278. The molecule has 0 saturated heterocycles. The van der Waals surface area contributed by atoms with E-state index in [9.17, 15) is 4.79 Å². The third-order valence-electron chi connectivity index (χ3n) is 2.89. The average molecular weight is 351 g/mol. The quantitative estimate of drug-likeness (QED) is 0.829. The van der Waals surface area contributed by atoms with Crippen molar-refractivity contribution in [3.05, 3.63) is 46.4 Å². The first kappa shape index (κ1) is 15.2. The van der Waals surface area contributed by atoms with Gasteiger partial charge in [0.25, 0.3) is 5.91 Å². The highest BCUT2D eigenvalue weighted by atomic mass is 79.9. The number of carbonyl (C=O) groups excluding carboxylic acids is 1. The Morgan fingerprint density at radius 2 is 1.90 bits per heavy atom. The summed E-state index contributed by atoms with van der Waals surface area (Å²) in [5, 5.41) is 2.80. The Labute approximate surface area is 131 Å². The van der Waals surface area contributed by atoms with Crippen molar-refractivity contribution >= 4 is 33.2 Å². The smallest absolute Gasteiger partial charge is 0.259 e. The first-order valence-corrected chi connectivity index (χ1v) is 6.93. The number of benzene rings is 2. The number of nitrogens with one attached hydrogen (secondary N) is 1. The summed E-state index contributed by atoms with van der Waals surface area (Å²) in [4.78, 5) is 12.3. The number of hydrogen-bond donors (Lipinski definition) is 2. The van der Waals surface area contributed by atoms with Crippen molar-refractivity contribution in [3.63, 3.8) is 0 Å². The fourth-order valence-corrected chi connectivity index (χ4v) is 2.30. The van der Waals surface area contributed by atoms with Crippen LogP contribution in [0, 0.1) is 0 Å². The molecule has 3 N–H and O–H groups in total. The fourth-order valence-electron chi connectivity index (χ4n) is 1.81. The van der Waals surface area contributed by atoms with Crippen LogP contribution in [0.4, 0.5) is 11.4 Å². The maximum atomic E-state index is 12.3. The van der Waals surface area contributed by atoms with Gasteiger partial charge in [0, 0.05) is 16.2 Å². The number of nitrogens with two attached hydrogens (primary N) is 1. The number of halogens is 1. The van der Waals surface area contributed by atoms with Crippen molar-refractivity contribution in [3.8, 4) is 11.5 Å². The van der Waals surface area contributed by atoms with Crippen LogP contribution in [0.2, 0.25) is 0 Å². The maximum absolute atomic E-state index is 12.3. The number of hydrogen-bond acceptors (Lipinski definition) is 4. The molecule has 21 heavy (non-hydrogen) atoms. The molecule has 0 radical (unpaired) electrons. The molecule has 0 unspecified atom stereocenters. The second-order valence-electron chi connectivity index (χ2n) is 4.26. The fraction of sp³-hybridized carbons (Fsp3) is 0.133. The average Bonchev–Trinajstić information content (AvgIpc) is 2.49. The molecule has 2 rings (SSSR count). The van der Waals surface area contributed by atoms with E-state index >= 15 is 0 Å². The third kappa shape index (κ3) is 3.46. The lowest BCUT2D eigenvalue weighted by Crippen LogP contribution is -2.13. The summed E-state index contributed by atoms with van der Waals surface area (Å²) in [6.45, 7) is 0. The van der Waals surface area contributed by atoms with Crippen molar-refractivity contribution in [2.45, 2.75) is 0 Å². The lowest BCUT2D eigenvalue weighted by atomic mass is 10.1. The molecule has 0 aliphatic rings. The monoisotopic (exact) mass is 350 g/mol. The first-order chi connectivity index (χ1) is 10.0. The molecule has 2 aromatic carbocycles. The van der Waals surface area contributed by atoms with Crippen molar-refractivity contribution < 1.29 is 14.3 Å². The zero-order valence-corrected chi connectivity index (χ0v) is 13.2. The van der Waals surface area contributed by atoms with Crippen molar-refractivity contribution in [2.75, 3.05) is 25.3 Å². The Bertz CT molecular complexity index is 674. The topological polar surface area (TPSA) is 73.6 Å². The van der Waals surface area contributed by atoms with Crippen molar-refractivity contribution in [1.29, 1.82) is 0 Å². The SMILES string of the molecule is COc1ccc(C(=O)Nc2ccc(N)cc2Br)c(OC)c1. The van der Waals surface area contributed by atoms with Gasteiger partial charge in [-0.25, -0.2) is 0 Å². The van der Waals surface area contributed by atoms with Gasteiger partial charge in [-0.3, -0.25) is 4.79 Å². The van der Waals surface area contributed by atoms with Crippen LogP contribution < -0.4 is 20.5 Å². The van der Waals surface area contributed by atoms with Crippen molar-refractivity contribution in [2.24, 2.45) is 0 Å². The van der Waals surface area contributed by atoms with E-state index in [1.807, 2.05) is 0 Å². The van der Waals surface area contributed by atoms with Crippen LogP contribution in [-0.2, 0) is 0 Å². The summed E-state index contributed by atoms with van der Waals surface area (Å²) in [5.74, 6) is 0.787. The number of rotatable bonds is 4. The molecular formula is C15H15BrN2O3. The molecule has 0 fully saturated rings. The molecule has 0 aliphatic carbocycles. The lowest BCUT2D eigenvalue weighted by molar-refractivity contribution is 0.102. The van der Waals surface area contributed by atoms with Crippen molar-refractivity contribution in [1.82, 2.24) is 0 Å². The van der Waals surface area contributed by atoms with Gasteiger partial charge in [0.2, 0.25) is 0 Å². The predicted octanol–water partition coefficient (Wildman–Crippen LogP) is 3.30. The molecule has 1 amide bonds. The molecule has 0 atom stereocenters. The van der Waals surface area contributed by atoms with Gasteiger partial charge in [0.05, 0.1) is 25.5 Å². The molecule has 6 heteroatoms. The minimum Gasteiger partial charge on any atom is -0.497 e. The van der Waals surface area contributed by atoms with E-state index in [1.165, 1.54) is 7.11 Å². The number of methoxy groups -OCH3 is 2. The molecule has 0 aromatic heterocycles. The summed E-state index contributed by atoms with van der Waals surface area (Å²) < 4.78 is 11.0. The molecule has 0 heterocycles. The van der Waals surface area contributed by atoms with Gasteiger partial charge in [-0.1, -0.05) is 0 Å². The Morgan fingerprint density at radius 3 is 2.52 bits per heavy atom. The van der Waals surface area contributed by atoms with Crippen LogP contribution in [0.15, 0.2) is 40.9 Å². The lowest BCUT2D eigenvalue weighted by Gasteiger charge is -2.12. The van der Waals surface area contributed by atoms with Crippen LogP contribution in [0.25, 0.3) is 0 Å². The Hall–Kier alpha value is -2.21. The summed E-state index contributed by atoms with van der Waals surface area (Å²) in [6, 6.07) is 10.2. The zero-order valence-electron chi connectivity index (χ0n) is 11.6. The molecule has 0 aliphatic heterocycles. The Balaban J connectivity index is 2.28. The van der Waals surface area contributed by atoms with E-state index in [1.54, 1.807) is 43.5 Å². The first-order valence-electron chi connectivity index (χ1n) is 6.13. The third-order valence-corrected chi connectivity index (χ3v) is 3.55. The highest BCUT2D eigenvalue weighted by molar-refractivity contribution is 9.10. The van der Waals surface area contributed by atoms with Crippen LogP contribution in [0.1, 0.15) is 10.4 Å². The summed E-state index contributed by atoms with van der Waals surface area (Å²) in [7, 11) is 3.06. The highest BCUT2D eigenvalue weighted by Gasteiger charge is 2.14. The van der Waals surface area contributed by atoms with Gasteiger partial charge >= 0.3 is 0 Å². The normalized spacial score (nSPS) is 10.0. The van der Waals surface area contributed by atoms with Crippen LogP contribution in [-0.4, -0.2) is 20.1 Å². The number of carbonyl (C=O) groups is 1. The second kappa shape index (κ2) is 6.49. The molecule has 5 nitrogen and oxygen atoms in total. The molecular weight excluding hydrogens is 336 g/mol. The number of ether oxygens (including phenoxy) is 2. The van der Waals surface area contributed by atoms with Gasteiger partial charge in [-0.2, -0.15) is 0 Å². The van der Waals surface area contributed by atoms with Gasteiger partial charge in [0.15, 0.2) is 0 Å². The molecule has 2 aromatic rings. The van der Waals surface area contributed by atoms with Gasteiger partial charge in [-0.15, -0.1) is 0 Å². The zero-order chi connectivity index (χ0) is 15.4. The van der Waals surface area contributed by atoms with E-state index in [-0.39, 0.29) is 5.91 Å². The number of amides is 1. The summed E-state index contributed by atoms with van der Waals surface area (Å²) in [6.07, 6.45) is 0. The van der Waals surface area contributed by atoms with E-state index < -0.39 is 0 Å². The minimum atomic E-state index is -0.278. The number of anilines is 2. The molecule has 0 spiro atoms. The second-order valence-corrected chi connectivity index (χ2v) is 5.11. The van der Waals surface area contributed by atoms with Gasteiger partial charge in [0.1, 0.15) is 11.5 Å². The Morgan fingerprint density at radius 1 is 1.14 bits per heavy atom. The predicted molar refractivity (Wildman–Crippen MR) is 86.1 cm³/mol. The van der Waals surface area contributed by atoms with Gasteiger partial charge < -0.3 is 20.5 Å². The van der Waals surface area contributed by atoms with E-state index in [0.29, 0.717) is 32.9 Å². The maximum Gasteiger partial charge on any atom is 0.259 e. The van der Waals surface area contributed by atoms with Gasteiger partial charge in [-0.05, 0) is 46.3 Å². The summed E-state index contributed by atoms with van der Waals surface area (Å²) >= 11 is 3.36. The largest absolute Gasteiger partial charge is 0.497 e. The van der Waals surface area contributed by atoms with Crippen LogP contribution in [0.3, 0.4) is 0 Å². The summed E-state index contributed by atoms with van der Waals surface area (Å²) in [5.41, 5.74) is 7.33. The van der Waals surface area contributed by atoms with Crippen LogP contribution in [0.5, 0.6) is 11.5 Å².